The maximum absolute atomic E-state index is 12.5. The van der Waals surface area contributed by atoms with Crippen LogP contribution in [0.2, 0.25) is 0 Å². The maximum Gasteiger partial charge on any atom is 0.329 e. The van der Waals surface area contributed by atoms with E-state index in [1.54, 1.807) is 0 Å². The van der Waals surface area contributed by atoms with Gasteiger partial charge in [0.15, 0.2) is 0 Å². The van der Waals surface area contributed by atoms with E-state index in [1.165, 1.54) is 12.5 Å². The van der Waals surface area contributed by atoms with Crippen LogP contribution in [0.15, 0.2) is 12.5 Å². The Balaban J connectivity index is 2.03. The van der Waals surface area contributed by atoms with Gasteiger partial charge in [0.05, 0.1) is 23.9 Å². The third kappa shape index (κ3) is 4.97. The highest BCUT2D eigenvalue weighted by Gasteiger charge is 2.29. The fourth-order valence-corrected chi connectivity index (χ4v) is 2.45. The Morgan fingerprint density at radius 2 is 2.35 bits per heavy atom. The second kappa shape index (κ2) is 8.54. The fourth-order valence-electron chi connectivity index (χ4n) is 2.45. The van der Waals surface area contributed by atoms with Crippen LogP contribution in [-0.4, -0.2) is 58.9 Å². The minimum Gasteiger partial charge on any atom is -0.480 e. The molecule has 1 fully saturated rings. The molecule has 126 valence electrons. The van der Waals surface area contributed by atoms with Gasteiger partial charge < -0.3 is 19.9 Å². The Morgan fingerprint density at radius 3 is 3.09 bits per heavy atom. The first kappa shape index (κ1) is 17.3. The predicted octanol–water partition coefficient (Wildman–Crippen LogP) is 0.418. The molecular formula is C15H21N3O5. The third-order valence-corrected chi connectivity index (χ3v) is 3.57. The summed E-state index contributed by atoms with van der Waals surface area (Å²) in [5.74, 6) is -1.33. The molecule has 0 aromatic carbocycles. The van der Waals surface area contributed by atoms with E-state index < -0.39 is 18.7 Å². The summed E-state index contributed by atoms with van der Waals surface area (Å²) in [6.07, 6.45) is 4.57. The molecule has 8 nitrogen and oxygen atoms in total. The summed E-state index contributed by atoms with van der Waals surface area (Å²) in [5.41, 5.74) is 1.15. The Kier molecular flexibility index (Phi) is 6.42. The lowest BCUT2D eigenvalue weighted by molar-refractivity contribution is -0.148. The number of aliphatic carboxylic acids is 1. The first-order valence-electron chi connectivity index (χ1n) is 7.62. The van der Waals surface area contributed by atoms with Gasteiger partial charge in [-0.3, -0.25) is 4.79 Å². The number of nitrogens with one attached hydrogen (secondary N) is 1. The van der Waals surface area contributed by atoms with Crippen molar-refractivity contribution in [1.82, 2.24) is 15.3 Å². The lowest BCUT2D eigenvalue weighted by Gasteiger charge is -2.31. The average molecular weight is 323 g/mol. The summed E-state index contributed by atoms with van der Waals surface area (Å²) in [6, 6.07) is -0.301. The number of nitrogens with zero attached hydrogens (tertiary/aromatic N) is 2. The number of carbonyl (C=O) groups excluding carboxylic acids is 1. The molecule has 1 aliphatic heterocycles. The molecule has 2 heterocycles. The van der Waals surface area contributed by atoms with Crippen LogP contribution in [0.5, 0.6) is 0 Å². The van der Waals surface area contributed by atoms with Crippen molar-refractivity contribution in [1.29, 1.82) is 0 Å². The van der Waals surface area contributed by atoms with Crippen molar-refractivity contribution >= 4 is 11.9 Å². The van der Waals surface area contributed by atoms with Crippen LogP contribution < -0.4 is 5.32 Å². The van der Waals surface area contributed by atoms with E-state index in [1.807, 2.05) is 6.92 Å². The topological polar surface area (TPSA) is 111 Å². The number of amides is 1. The van der Waals surface area contributed by atoms with Gasteiger partial charge in [-0.2, -0.15) is 0 Å². The molecule has 1 amide bonds. The maximum atomic E-state index is 12.5. The van der Waals surface area contributed by atoms with Crippen LogP contribution in [0.25, 0.3) is 0 Å². The van der Waals surface area contributed by atoms with Crippen molar-refractivity contribution in [3.63, 3.8) is 0 Å². The van der Waals surface area contributed by atoms with E-state index >= 15 is 0 Å². The molecule has 1 aliphatic rings. The highest BCUT2D eigenvalue weighted by Crippen LogP contribution is 2.14. The molecule has 0 aliphatic carbocycles. The second-order valence-electron chi connectivity index (χ2n) is 5.32. The van der Waals surface area contributed by atoms with Crippen LogP contribution in [-0.2, 0) is 20.7 Å². The number of hydrogen-bond acceptors (Lipinski definition) is 6. The quantitative estimate of drug-likeness (QED) is 0.748. The number of aromatic nitrogens is 2. The number of carboxylic acid groups (broad SMARTS) is 1. The SMILES string of the molecule is CCCc1ncncc1C(=O)N[C@@H]1CCOC[C@H]1OCC(=O)O. The van der Waals surface area contributed by atoms with Gasteiger partial charge in [-0.25, -0.2) is 14.8 Å². The zero-order valence-electron chi connectivity index (χ0n) is 13.0. The number of ether oxygens (including phenoxy) is 2. The Morgan fingerprint density at radius 1 is 1.52 bits per heavy atom. The van der Waals surface area contributed by atoms with Crippen LogP contribution in [0, 0.1) is 0 Å². The second-order valence-corrected chi connectivity index (χ2v) is 5.32. The summed E-state index contributed by atoms with van der Waals surface area (Å²) in [4.78, 5) is 31.2. The van der Waals surface area contributed by atoms with Gasteiger partial charge in [-0.15, -0.1) is 0 Å². The number of aryl methyl sites for hydroxylation is 1. The molecule has 2 N–H and O–H groups in total. The molecule has 23 heavy (non-hydrogen) atoms. The number of hydrogen-bond donors (Lipinski definition) is 2. The summed E-state index contributed by atoms with van der Waals surface area (Å²) in [5, 5.41) is 11.6. The van der Waals surface area contributed by atoms with Gasteiger partial charge in [0.25, 0.3) is 5.91 Å². The molecule has 1 aromatic rings. The van der Waals surface area contributed by atoms with Gasteiger partial charge in [-0.1, -0.05) is 13.3 Å². The average Bonchev–Trinajstić information content (AvgIpc) is 2.54. The molecule has 0 radical (unpaired) electrons. The van der Waals surface area contributed by atoms with E-state index in [2.05, 4.69) is 15.3 Å². The van der Waals surface area contributed by atoms with E-state index in [0.29, 0.717) is 30.7 Å². The smallest absolute Gasteiger partial charge is 0.329 e. The van der Waals surface area contributed by atoms with E-state index in [0.717, 1.165) is 6.42 Å². The monoisotopic (exact) mass is 323 g/mol. The van der Waals surface area contributed by atoms with Gasteiger partial charge in [0.2, 0.25) is 0 Å². The van der Waals surface area contributed by atoms with Crippen molar-refractivity contribution in [2.24, 2.45) is 0 Å². The molecule has 0 bridgehead atoms. The first-order chi connectivity index (χ1) is 11.1. The Hall–Kier alpha value is -2.06. The highest BCUT2D eigenvalue weighted by atomic mass is 16.5. The van der Waals surface area contributed by atoms with Crippen molar-refractivity contribution in [3.05, 3.63) is 23.8 Å². The van der Waals surface area contributed by atoms with Gasteiger partial charge in [0.1, 0.15) is 19.0 Å². The largest absolute Gasteiger partial charge is 0.480 e. The third-order valence-electron chi connectivity index (χ3n) is 3.57. The van der Waals surface area contributed by atoms with Crippen LogP contribution in [0.3, 0.4) is 0 Å². The molecule has 1 aromatic heterocycles. The molecule has 1 saturated heterocycles. The molecule has 8 heteroatoms. The zero-order valence-corrected chi connectivity index (χ0v) is 13.0. The Labute approximate surface area is 134 Å². The minimum absolute atomic E-state index is 0.255. The fraction of sp³-hybridized carbons (Fsp3) is 0.600. The van der Waals surface area contributed by atoms with Crippen molar-refractivity contribution in [2.75, 3.05) is 19.8 Å². The summed E-state index contributed by atoms with van der Waals surface area (Å²) in [7, 11) is 0. The summed E-state index contributed by atoms with van der Waals surface area (Å²) < 4.78 is 10.6. The lowest BCUT2D eigenvalue weighted by Crippen LogP contribution is -2.50. The molecule has 2 rings (SSSR count). The highest BCUT2D eigenvalue weighted by molar-refractivity contribution is 5.95. The van der Waals surface area contributed by atoms with E-state index in [9.17, 15) is 9.59 Å². The normalized spacial score (nSPS) is 20.9. The van der Waals surface area contributed by atoms with Crippen molar-refractivity contribution in [3.8, 4) is 0 Å². The molecule has 0 spiro atoms. The number of carboxylic acids is 1. The van der Waals surface area contributed by atoms with E-state index in [4.69, 9.17) is 14.6 Å². The predicted molar refractivity (Wildman–Crippen MR) is 80.1 cm³/mol. The Bertz CT molecular complexity index is 552. The van der Waals surface area contributed by atoms with Crippen molar-refractivity contribution in [2.45, 2.75) is 38.3 Å². The molecule has 0 saturated carbocycles. The molecular weight excluding hydrogens is 302 g/mol. The lowest BCUT2D eigenvalue weighted by atomic mass is 10.0. The standard InChI is InChI=1S/C15H21N3O5/c1-2-3-11-10(6-16-9-17-11)15(21)18-12-4-5-22-7-13(12)23-8-14(19)20/h6,9,12-13H,2-5,7-8H2,1H3,(H,18,21)(H,19,20)/t12-,13-/m1/s1. The van der Waals surface area contributed by atoms with Gasteiger partial charge in [0, 0.05) is 12.8 Å². The van der Waals surface area contributed by atoms with Crippen molar-refractivity contribution < 1.29 is 24.2 Å². The molecule has 0 unspecified atom stereocenters. The summed E-state index contributed by atoms with van der Waals surface area (Å²) >= 11 is 0. The number of rotatable bonds is 7. The number of carbonyl (C=O) groups is 2. The minimum atomic E-state index is -1.05. The van der Waals surface area contributed by atoms with Crippen LogP contribution in [0.1, 0.15) is 35.8 Å². The first-order valence-corrected chi connectivity index (χ1v) is 7.62. The molecule has 2 atom stereocenters. The van der Waals surface area contributed by atoms with E-state index in [-0.39, 0.29) is 18.6 Å². The van der Waals surface area contributed by atoms with Crippen LogP contribution >= 0.6 is 0 Å². The van der Waals surface area contributed by atoms with Gasteiger partial charge in [-0.05, 0) is 12.8 Å². The zero-order chi connectivity index (χ0) is 16.7. The summed E-state index contributed by atoms with van der Waals surface area (Å²) in [6.45, 7) is 2.34. The van der Waals surface area contributed by atoms with Crippen LogP contribution in [0.4, 0.5) is 0 Å². The van der Waals surface area contributed by atoms with Gasteiger partial charge >= 0.3 is 5.97 Å².